The van der Waals surface area contributed by atoms with Gasteiger partial charge in [0.2, 0.25) is 0 Å². The highest BCUT2D eigenvalue weighted by Crippen LogP contribution is 2.25. The van der Waals surface area contributed by atoms with Crippen molar-refractivity contribution in [2.45, 2.75) is 6.42 Å². The van der Waals surface area contributed by atoms with Gasteiger partial charge in [0.25, 0.3) is 5.91 Å². The van der Waals surface area contributed by atoms with Crippen LogP contribution in [0.2, 0.25) is 0 Å². The molecule has 1 rings (SSSR count). The topological polar surface area (TPSA) is 73.6 Å². The van der Waals surface area contributed by atoms with Gasteiger partial charge in [-0.15, -0.1) is 0 Å². The molecule has 0 spiro atoms. The minimum atomic E-state index is -0.190. The highest BCUT2D eigenvalue weighted by Gasteiger charge is 2.13. The number of amides is 1. The van der Waals surface area contributed by atoms with E-state index in [1.54, 1.807) is 25.3 Å². The van der Waals surface area contributed by atoms with Crippen molar-refractivity contribution < 1.29 is 14.3 Å². The largest absolute Gasteiger partial charge is 0.494 e. The summed E-state index contributed by atoms with van der Waals surface area (Å²) in [6.07, 6.45) is 0.771. The van der Waals surface area contributed by atoms with Gasteiger partial charge in [-0.05, 0) is 18.6 Å². The monoisotopic (exact) mass is 238 g/mol. The highest BCUT2D eigenvalue weighted by molar-refractivity contribution is 5.98. The maximum atomic E-state index is 11.9. The van der Waals surface area contributed by atoms with Gasteiger partial charge in [-0.2, -0.15) is 0 Å². The van der Waals surface area contributed by atoms with Gasteiger partial charge in [-0.1, -0.05) is 6.07 Å². The molecule has 0 atom stereocenters. The predicted molar refractivity (Wildman–Crippen MR) is 66.2 cm³/mol. The Kier molecular flexibility index (Phi) is 5.29. The number of hydrogen-bond acceptors (Lipinski definition) is 4. The molecule has 0 aliphatic heterocycles. The van der Waals surface area contributed by atoms with Crippen molar-refractivity contribution in [2.24, 2.45) is 0 Å². The molecule has 1 aromatic rings. The van der Waals surface area contributed by atoms with Gasteiger partial charge in [-0.25, -0.2) is 0 Å². The van der Waals surface area contributed by atoms with Gasteiger partial charge in [0.05, 0.1) is 18.4 Å². The Morgan fingerprint density at radius 3 is 2.82 bits per heavy atom. The molecule has 0 saturated carbocycles. The molecule has 0 aliphatic carbocycles. The normalized spacial score (nSPS) is 10.0. The number of rotatable bonds is 6. The summed E-state index contributed by atoms with van der Waals surface area (Å²) < 4.78 is 10.0. The first-order valence-corrected chi connectivity index (χ1v) is 5.40. The van der Waals surface area contributed by atoms with Crippen LogP contribution in [0.5, 0.6) is 5.75 Å². The smallest absolute Gasteiger partial charge is 0.255 e. The van der Waals surface area contributed by atoms with Crippen LogP contribution in [-0.4, -0.2) is 33.3 Å². The van der Waals surface area contributed by atoms with E-state index in [9.17, 15) is 4.79 Å². The van der Waals surface area contributed by atoms with Crippen molar-refractivity contribution >= 4 is 11.6 Å². The standard InChI is InChI=1S/C12H18N2O3/c1-16-8-4-7-14-12(15)9-5-3-6-10(13)11(9)17-2/h3,5-6H,4,7-8,13H2,1-2H3,(H,14,15). The minimum Gasteiger partial charge on any atom is -0.494 e. The zero-order valence-corrected chi connectivity index (χ0v) is 10.2. The third kappa shape index (κ3) is 3.64. The molecule has 94 valence electrons. The van der Waals surface area contributed by atoms with Crippen molar-refractivity contribution in [2.75, 3.05) is 33.1 Å². The lowest BCUT2D eigenvalue weighted by Crippen LogP contribution is -2.25. The summed E-state index contributed by atoms with van der Waals surface area (Å²) in [7, 11) is 3.12. The van der Waals surface area contributed by atoms with Gasteiger partial charge < -0.3 is 20.5 Å². The Morgan fingerprint density at radius 1 is 1.41 bits per heavy atom. The molecule has 3 N–H and O–H groups in total. The Hall–Kier alpha value is -1.75. The number of para-hydroxylation sites is 1. The summed E-state index contributed by atoms with van der Waals surface area (Å²) in [5.41, 5.74) is 6.63. The first kappa shape index (κ1) is 13.3. The quantitative estimate of drug-likeness (QED) is 0.573. The number of ether oxygens (including phenoxy) is 2. The van der Waals surface area contributed by atoms with Crippen LogP contribution in [0.4, 0.5) is 5.69 Å². The van der Waals surface area contributed by atoms with Gasteiger partial charge in [0.1, 0.15) is 0 Å². The Bertz CT molecular complexity index is 380. The van der Waals surface area contributed by atoms with Crippen molar-refractivity contribution in [1.29, 1.82) is 0 Å². The fraction of sp³-hybridized carbons (Fsp3) is 0.417. The molecule has 0 heterocycles. The van der Waals surface area contributed by atoms with Gasteiger partial charge in [0, 0.05) is 20.3 Å². The van der Waals surface area contributed by atoms with Crippen LogP contribution in [-0.2, 0) is 4.74 Å². The first-order valence-electron chi connectivity index (χ1n) is 5.40. The molecule has 17 heavy (non-hydrogen) atoms. The second-order valence-electron chi connectivity index (χ2n) is 3.53. The number of anilines is 1. The highest BCUT2D eigenvalue weighted by atomic mass is 16.5. The molecule has 5 heteroatoms. The van der Waals surface area contributed by atoms with E-state index in [0.717, 1.165) is 6.42 Å². The molecule has 0 unspecified atom stereocenters. The molecule has 0 aromatic heterocycles. The number of nitrogen functional groups attached to an aromatic ring is 1. The SMILES string of the molecule is COCCCNC(=O)c1cccc(N)c1OC. The maximum absolute atomic E-state index is 11.9. The number of nitrogens with one attached hydrogen (secondary N) is 1. The minimum absolute atomic E-state index is 0.190. The van der Waals surface area contributed by atoms with Crippen molar-refractivity contribution in [3.05, 3.63) is 23.8 Å². The molecule has 0 saturated heterocycles. The van der Waals surface area contributed by atoms with Crippen LogP contribution in [0.1, 0.15) is 16.8 Å². The van der Waals surface area contributed by atoms with Gasteiger partial charge in [0.15, 0.2) is 5.75 Å². The van der Waals surface area contributed by atoms with Crippen LogP contribution in [0.25, 0.3) is 0 Å². The number of carbonyl (C=O) groups is 1. The summed E-state index contributed by atoms with van der Waals surface area (Å²) in [4.78, 5) is 11.9. The maximum Gasteiger partial charge on any atom is 0.255 e. The van der Waals surface area contributed by atoms with Crippen molar-refractivity contribution in [3.8, 4) is 5.75 Å². The number of hydrogen-bond donors (Lipinski definition) is 2. The van der Waals surface area contributed by atoms with E-state index in [1.807, 2.05) is 0 Å². The number of benzene rings is 1. The summed E-state index contributed by atoms with van der Waals surface area (Å²) >= 11 is 0. The lowest BCUT2D eigenvalue weighted by Gasteiger charge is -2.11. The third-order valence-electron chi connectivity index (χ3n) is 2.31. The molecule has 0 aliphatic rings. The van der Waals surface area contributed by atoms with E-state index in [0.29, 0.717) is 30.2 Å². The average Bonchev–Trinajstić information content (AvgIpc) is 2.34. The summed E-state index contributed by atoms with van der Waals surface area (Å²) in [5, 5.41) is 2.78. The van der Waals surface area contributed by atoms with Gasteiger partial charge in [-0.3, -0.25) is 4.79 Å². The molecular weight excluding hydrogens is 220 g/mol. The second kappa shape index (κ2) is 6.75. The molecule has 1 amide bonds. The molecular formula is C12H18N2O3. The van der Waals surface area contributed by atoms with Crippen LogP contribution in [0, 0.1) is 0 Å². The number of methoxy groups -OCH3 is 2. The van der Waals surface area contributed by atoms with Crippen LogP contribution in [0.3, 0.4) is 0 Å². The molecule has 0 fully saturated rings. The Morgan fingerprint density at radius 2 is 2.18 bits per heavy atom. The molecule has 1 aromatic carbocycles. The van der Waals surface area contributed by atoms with E-state index in [1.165, 1.54) is 7.11 Å². The van der Waals surface area contributed by atoms with Crippen LogP contribution in [0.15, 0.2) is 18.2 Å². The zero-order valence-electron chi connectivity index (χ0n) is 10.2. The fourth-order valence-corrected chi connectivity index (χ4v) is 1.48. The number of nitrogens with two attached hydrogens (primary N) is 1. The average molecular weight is 238 g/mol. The van der Waals surface area contributed by atoms with Gasteiger partial charge >= 0.3 is 0 Å². The van der Waals surface area contributed by atoms with E-state index in [-0.39, 0.29) is 5.91 Å². The third-order valence-corrected chi connectivity index (χ3v) is 2.31. The lowest BCUT2D eigenvalue weighted by molar-refractivity contribution is 0.0945. The van der Waals surface area contributed by atoms with Crippen LogP contribution < -0.4 is 15.8 Å². The van der Waals surface area contributed by atoms with Crippen molar-refractivity contribution in [3.63, 3.8) is 0 Å². The second-order valence-corrected chi connectivity index (χ2v) is 3.53. The van der Waals surface area contributed by atoms with E-state index < -0.39 is 0 Å². The first-order chi connectivity index (χ1) is 8.20. The summed E-state index contributed by atoms with van der Waals surface area (Å²) in [6, 6.07) is 5.10. The van der Waals surface area contributed by atoms with Crippen LogP contribution >= 0.6 is 0 Å². The molecule has 0 radical (unpaired) electrons. The molecule has 5 nitrogen and oxygen atoms in total. The Balaban J connectivity index is 2.65. The Labute approximate surface area is 101 Å². The molecule has 0 bridgehead atoms. The lowest BCUT2D eigenvalue weighted by atomic mass is 10.1. The predicted octanol–water partition coefficient (Wildman–Crippen LogP) is 1.04. The number of carbonyl (C=O) groups excluding carboxylic acids is 1. The van der Waals surface area contributed by atoms with E-state index >= 15 is 0 Å². The summed E-state index contributed by atoms with van der Waals surface area (Å²) in [6.45, 7) is 1.18. The fourth-order valence-electron chi connectivity index (χ4n) is 1.48. The van der Waals surface area contributed by atoms with Crippen molar-refractivity contribution in [1.82, 2.24) is 5.32 Å². The zero-order chi connectivity index (χ0) is 12.7. The van der Waals surface area contributed by atoms with E-state index in [2.05, 4.69) is 5.32 Å². The van der Waals surface area contributed by atoms with E-state index in [4.69, 9.17) is 15.2 Å². The summed E-state index contributed by atoms with van der Waals surface area (Å²) in [5.74, 6) is 0.224.